The summed E-state index contributed by atoms with van der Waals surface area (Å²) in [5.74, 6) is -0.101. The van der Waals surface area contributed by atoms with Gasteiger partial charge in [0.2, 0.25) is 10.0 Å². The number of benzene rings is 1. The second-order valence-corrected chi connectivity index (χ2v) is 5.90. The van der Waals surface area contributed by atoms with Crippen molar-refractivity contribution in [2.24, 2.45) is 0 Å². The number of carbonyl (C=O) groups is 1. The average Bonchev–Trinajstić information content (AvgIpc) is 2.98. The molecule has 5 heteroatoms. The van der Waals surface area contributed by atoms with Crippen molar-refractivity contribution in [3.63, 3.8) is 0 Å². The van der Waals surface area contributed by atoms with E-state index in [-0.39, 0.29) is 10.7 Å². The Labute approximate surface area is 94.9 Å². The largest absolute Gasteiger partial charge is 0.298 e. The van der Waals surface area contributed by atoms with Crippen LogP contribution in [-0.2, 0) is 14.8 Å². The second-order valence-electron chi connectivity index (χ2n) is 4.01. The number of ketones is 1. The Kier molecular flexibility index (Phi) is 2.59. The van der Waals surface area contributed by atoms with Crippen molar-refractivity contribution >= 4 is 15.8 Å². The van der Waals surface area contributed by atoms with Crippen LogP contribution >= 0.6 is 0 Å². The van der Waals surface area contributed by atoms with Crippen LogP contribution in [0, 0.1) is 6.92 Å². The van der Waals surface area contributed by atoms with Gasteiger partial charge in [-0.1, -0.05) is 17.7 Å². The summed E-state index contributed by atoms with van der Waals surface area (Å²) in [6, 6.07) is 6.19. The summed E-state index contributed by atoms with van der Waals surface area (Å²) in [5.41, 5.74) is 1.01. The SMILES string of the molecule is CC(=O)C1CN1S(=O)(=O)c1ccc(C)cc1. The molecular formula is C11H13NO3S. The van der Waals surface area contributed by atoms with Gasteiger partial charge >= 0.3 is 0 Å². The normalized spacial score (nSPS) is 24.1. The molecule has 0 N–H and O–H groups in total. The number of hydrogen-bond donors (Lipinski definition) is 0. The van der Waals surface area contributed by atoms with Crippen molar-refractivity contribution in [1.82, 2.24) is 4.31 Å². The number of Topliss-reactive ketones (excluding diaryl/α,β-unsaturated/α-hetero) is 1. The number of hydrogen-bond acceptors (Lipinski definition) is 3. The van der Waals surface area contributed by atoms with Crippen molar-refractivity contribution in [3.05, 3.63) is 29.8 Å². The van der Waals surface area contributed by atoms with Crippen LogP contribution in [-0.4, -0.2) is 31.1 Å². The van der Waals surface area contributed by atoms with E-state index >= 15 is 0 Å². The van der Waals surface area contributed by atoms with Crippen LogP contribution in [0.1, 0.15) is 12.5 Å². The molecule has 1 aromatic rings. The first-order valence-corrected chi connectivity index (χ1v) is 6.46. The molecule has 1 heterocycles. The minimum absolute atomic E-state index is 0.101. The molecule has 2 rings (SSSR count). The number of carbonyl (C=O) groups excluding carboxylic acids is 1. The zero-order chi connectivity index (χ0) is 11.9. The number of sulfonamides is 1. The molecule has 1 aliphatic heterocycles. The molecule has 0 radical (unpaired) electrons. The Bertz CT molecular complexity index is 519. The predicted molar refractivity (Wildman–Crippen MR) is 59.5 cm³/mol. The summed E-state index contributed by atoms with van der Waals surface area (Å²) in [5, 5.41) is 0. The molecule has 1 fully saturated rings. The van der Waals surface area contributed by atoms with Gasteiger partial charge in [0.1, 0.15) is 5.78 Å². The van der Waals surface area contributed by atoms with E-state index in [1.54, 1.807) is 24.3 Å². The van der Waals surface area contributed by atoms with E-state index in [9.17, 15) is 13.2 Å². The van der Waals surface area contributed by atoms with Gasteiger partial charge in [0.15, 0.2) is 0 Å². The standard InChI is InChI=1S/C11H13NO3S/c1-8-3-5-10(6-4-8)16(14,15)12-7-11(12)9(2)13/h3-6,11H,7H2,1-2H3. The highest BCUT2D eigenvalue weighted by Crippen LogP contribution is 2.28. The molecule has 4 nitrogen and oxygen atoms in total. The Morgan fingerprint density at radius 2 is 1.88 bits per heavy atom. The average molecular weight is 239 g/mol. The van der Waals surface area contributed by atoms with E-state index in [1.807, 2.05) is 6.92 Å². The lowest BCUT2D eigenvalue weighted by Gasteiger charge is -2.05. The molecule has 0 amide bonds. The third-order valence-corrected chi connectivity index (χ3v) is 4.55. The summed E-state index contributed by atoms with van der Waals surface area (Å²) < 4.78 is 25.2. The van der Waals surface area contributed by atoms with E-state index in [0.29, 0.717) is 6.54 Å². The number of nitrogens with zero attached hydrogens (tertiary/aromatic N) is 1. The molecule has 2 atom stereocenters. The molecule has 0 aliphatic carbocycles. The van der Waals surface area contributed by atoms with Crippen LogP contribution in [0.5, 0.6) is 0 Å². The molecule has 86 valence electrons. The van der Waals surface area contributed by atoms with Crippen molar-refractivity contribution < 1.29 is 13.2 Å². The van der Waals surface area contributed by atoms with Crippen LogP contribution in [0.2, 0.25) is 0 Å². The minimum Gasteiger partial charge on any atom is -0.298 e. The summed E-state index contributed by atoms with van der Waals surface area (Å²) in [7, 11) is -3.46. The van der Waals surface area contributed by atoms with E-state index in [2.05, 4.69) is 0 Å². The van der Waals surface area contributed by atoms with Gasteiger partial charge in [-0.05, 0) is 26.0 Å². The van der Waals surface area contributed by atoms with Gasteiger partial charge in [0, 0.05) is 6.54 Å². The Morgan fingerprint density at radius 3 is 2.31 bits per heavy atom. The maximum atomic E-state index is 12.0. The topological polar surface area (TPSA) is 54.2 Å². The highest BCUT2D eigenvalue weighted by atomic mass is 32.2. The van der Waals surface area contributed by atoms with Crippen LogP contribution in [0.4, 0.5) is 0 Å². The Morgan fingerprint density at radius 1 is 1.31 bits per heavy atom. The molecule has 0 saturated carbocycles. The molecular weight excluding hydrogens is 226 g/mol. The first-order chi connectivity index (χ1) is 7.43. The van der Waals surface area contributed by atoms with Gasteiger partial charge < -0.3 is 0 Å². The minimum atomic E-state index is -3.46. The molecule has 1 aromatic carbocycles. The molecule has 0 bridgehead atoms. The Hall–Kier alpha value is -1.20. The van der Waals surface area contributed by atoms with Gasteiger partial charge in [0.25, 0.3) is 0 Å². The summed E-state index contributed by atoms with van der Waals surface area (Å²) in [4.78, 5) is 11.3. The predicted octanol–water partition coefficient (Wildman–Crippen LogP) is 0.957. The molecule has 1 saturated heterocycles. The van der Waals surface area contributed by atoms with Crippen molar-refractivity contribution in [2.75, 3.05) is 6.54 Å². The van der Waals surface area contributed by atoms with Crippen molar-refractivity contribution in [2.45, 2.75) is 24.8 Å². The Balaban J connectivity index is 2.28. The van der Waals surface area contributed by atoms with E-state index in [1.165, 1.54) is 11.2 Å². The molecule has 1 aliphatic rings. The van der Waals surface area contributed by atoms with Gasteiger partial charge in [-0.3, -0.25) is 4.79 Å². The van der Waals surface area contributed by atoms with Gasteiger partial charge in [-0.25, -0.2) is 8.42 Å². The summed E-state index contributed by atoms with van der Waals surface area (Å²) in [6.07, 6.45) is 0. The lowest BCUT2D eigenvalue weighted by Crippen LogP contribution is -2.17. The van der Waals surface area contributed by atoms with Gasteiger partial charge in [0.05, 0.1) is 10.9 Å². The maximum absolute atomic E-state index is 12.0. The summed E-state index contributed by atoms with van der Waals surface area (Å²) >= 11 is 0. The first-order valence-electron chi connectivity index (χ1n) is 5.02. The number of aryl methyl sites for hydroxylation is 1. The summed E-state index contributed by atoms with van der Waals surface area (Å²) in [6.45, 7) is 3.62. The molecule has 0 spiro atoms. The van der Waals surface area contributed by atoms with Crippen molar-refractivity contribution in [3.8, 4) is 0 Å². The highest BCUT2D eigenvalue weighted by molar-refractivity contribution is 7.89. The molecule has 16 heavy (non-hydrogen) atoms. The zero-order valence-electron chi connectivity index (χ0n) is 9.17. The zero-order valence-corrected chi connectivity index (χ0v) is 9.99. The van der Waals surface area contributed by atoms with Crippen LogP contribution in [0.25, 0.3) is 0 Å². The molecule has 2 unspecified atom stereocenters. The maximum Gasteiger partial charge on any atom is 0.243 e. The van der Waals surface area contributed by atoms with Crippen LogP contribution in [0.3, 0.4) is 0 Å². The van der Waals surface area contributed by atoms with E-state index < -0.39 is 16.1 Å². The first kappa shape index (κ1) is 11.3. The fraction of sp³-hybridized carbons (Fsp3) is 0.364. The van der Waals surface area contributed by atoms with Gasteiger partial charge in [-0.2, -0.15) is 4.31 Å². The number of rotatable bonds is 3. The molecule has 0 aromatic heterocycles. The van der Waals surface area contributed by atoms with E-state index in [4.69, 9.17) is 0 Å². The lowest BCUT2D eigenvalue weighted by molar-refractivity contribution is -0.116. The fourth-order valence-electron chi connectivity index (χ4n) is 1.57. The third kappa shape index (κ3) is 1.88. The van der Waals surface area contributed by atoms with Crippen LogP contribution in [0.15, 0.2) is 29.2 Å². The van der Waals surface area contributed by atoms with Crippen LogP contribution < -0.4 is 0 Å². The smallest absolute Gasteiger partial charge is 0.243 e. The quantitative estimate of drug-likeness (QED) is 0.738. The fourth-order valence-corrected chi connectivity index (χ4v) is 3.14. The third-order valence-electron chi connectivity index (χ3n) is 2.66. The highest BCUT2D eigenvalue weighted by Gasteiger charge is 2.47. The lowest BCUT2D eigenvalue weighted by atomic mass is 10.2. The van der Waals surface area contributed by atoms with Crippen molar-refractivity contribution in [1.29, 1.82) is 0 Å². The second kappa shape index (κ2) is 3.68. The monoisotopic (exact) mass is 239 g/mol. The van der Waals surface area contributed by atoms with E-state index in [0.717, 1.165) is 5.56 Å². The van der Waals surface area contributed by atoms with Gasteiger partial charge in [-0.15, -0.1) is 0 Å².